The first-order valence-corrected chi connectivity index (χ1v) is 14.8. The molecule has 2 amide bonds. The fourth-order valence-electron chi connectivity index (χ4n) is 5.48. The minimum absolute atomic E-state index is 0.159. The molecule has 11 heteroatoms. The van der Waals surface area contributed by atoms with Gasteiger partial charge in [-0.1, -0.05) is 13.0 Å². The van der Waals surface area contributed by atoms with Crippen LogP contribution in [0.5, 0.6) is 5.75 Å². The molecule has 4 heterocycles. The number of pyridine rings is 1. The summed E-state index contributed by atoms with van der Waals surface area (Å²) in [5.41, 5.74) is 2.93. The molecule has 2 aromatic heterocycles. The number of benzene rings is 1. The molecular formula is C31H40N6O5. The number of fused-ring (bicyclic) bond motifs is 1. The van der Waals surface area contributed by atoms with Crippen LogP contribution in [0, 0.1) is 0 Å². The summed E-state index contributed by atoms with van der Waals surface area (Å²) in [6.07, 6.45) is 7.96. The summed E-state index contributed by atoms with van der Waals surface area (Å²) in [6, 6.07) is 9.69. The van der Waals surface area contributed by atoms with Crippen LogP contribution in [0.2, 0.25) is 0 Å². The van der Waals surface area contributed by atoms with Crippen LogP contribution in [-0.4, -0.2) is 81.6 Å². The van der Waals surface area contributed by atoms with Gasteiger partial charge in [-0.05, 0) is 61.1 Å². The minimum Gasteiger partial charge on any atom is -0.486 e. The molecule has 0 saturated carbocycles. The normalized spacial score (nSPS) is 16.5. The number of anilines is 1. The Morgan fingerprint density at radius 2 is 2.02 bits per heavy atom. The van der Waals surface area contributed by atoms with Crippen molar-refractivity contribution in [1.29, 1.82) is 0 Å². The smallest absolute Gasteiger partial charge is 0.251 e. The molecule has 1 atom stereocenters. The Bertz CT molecular complexity index is 1330. The first kappa shape index (κ1) is 29.5. The zero-order valence-electron chi connectivity index (χ0n) is 24.1. The van der Waals surface area contributed by atoms with Crippen molar-refractivity contribution < 1.29 is 23.8 Å². The highest BCUT2D eigenvalue weighted by atomic mass is 16.5. The zero-order chi connectivity index (χ0) is 29.3. The van der Waals surface area contributed by atoms with E-state index in [4.69, 9.17) is 9.15 Å². The Kier molecular flexibility index (Phi) is 10.0. The van der Waals surface area contributed by atoms with Crippen molar-refractivity contribution in [1.82, 2.24) is 25.1 Å². The van der Waals surface area contributed by atoms with E-state index < -0.39 is 6.10 Å². The lowest BCUT2D eigenvalue weighted by Gasteiger charge is -2.32. The molecule has 5 rings (SSSR count). The SMILES string of the molecule is CCCC(=O)N1CCC(Nc2cc(C(=O)NCC(O)CN3CCc4cc(OCc5cnco5)ccc4C3)ccn2)CC1. The van der Waals surface area contributed by atoms with Gasteiger partial charge in [-0.3, -0.25) is 14.5 Å². The second-order valence-electron chi connectivity index (χ2n) is 11.0. The van der Waals surface area contributed by atoms with E-state index in [-0.39, 0.29) is 24.4 Å². The average Bonchev–Trinajstić information content (AvgIpc) is 3.53. The molecule has 2 aliphatic heterocycles. The number of hydrogen-bond acceptors (Lipinski definition) is 9. The van der Waals surface area contributed by atoms with E-state index >= 15 is 0 Å². The van der Waals surface area contributed by atoms with Crippen LogP contribution in [0.3, 0.4) is 0 Å². The van der Waals surface area contributed by atoms with Crippen molar-refractivity contribution in [3.63, 3.8) is 0 Å². The molecule has 2 aliphatic rings. The van der Waals surface area contributed by atoms with Gasteiger partial charge in [-0.2, -0.15) is 0 Å². The Hall–Kier alpha value is -3.96. The summed E-state index contributed by atoms with van der Waals surface area (Å²) >= 11 is 0. The van der Waals surface area contributed by atoms with Crippen LogP contribution >= 0.6 is 0 Å². The second kappa shape index (κ2) is 14.3. The van der Waals surface area contributed by atoms with Gasteiger partial charge in [0.05, 0.1) is 12.3 Å². The Morgan fingerprint density at radius 1 is 1.17 bits per heavy atom. The van der Waals surface area contributed by atoms with Crippen molar-refractivity contribution in [2.24, 2.45) is 0 Å². The highest BCUT2D eigenvalue weighted by molar-refractivity contribution is 5.94. The number of amides is 2. The number of nitrogens with one attached hydrogen (secondary N) is 2. The molecule has 1 unspecified atom stereocenters. The van der Waals surface area contributed by atoms with Gasteiger partial charge in [0.15, 0.2) is 12.2 Å². The quantitative estimate of drug-likeness (QED) is 0.298. The minimum atomic E-state index is -0.694. The maximum atomic E-state index is 12.8. The number of carbonyl (C=O) groups excluding carboxylic acids is 2. The van der Waals surface area contributed by atoms with Gasteiger partial charge in [0, 0.05) is 63.5 Å². The molecule has 3 aromatic rings. The lowest BCUT2D eigenvalue weighted by Crippen LogP contribution is -2.42. The molecule has 3 N–H and O–H groups in total. The predicted molar refractivity (Wildman–Crippen MR) is 157 cm³/mol. The summed E-state index contributed by atoms with van der Waals surface area (Å²) in [5, 5.41) is 16.9. The van der Waals surface area contributed by atoms with Crippen LogP contribution < -0.4 is 15.4 Å². The van der Waals surface area contributed by atoms with Crippen LogP contribution in [0.4, 0.5) is 5.82 Å². The third-order valence-corrected chi connectivity index (χ3v) is 7.79. The predicted octanol–water partition coefficient (Wildman–Crippen LogP) is 3.00. The van der Waals surface area contributed by atoms with E-state index in [1.54, 1.807) is 24.5 Å². The largest absolute Gasteiger partial charge is 0.486 e. The van der Waals surface area contributed by atoms with Crippen molar-refractivity contribution in [2.45, 2.75) is 64.3 Å². The standard InChI is InChI=1S/C31H40N6O5/c1-2-3-30(39)37-12-8-25(9-13-37)35-29-15-23(6-10-33-29)31(40)34-16-26(38)19-36-11-7-22-14-27(5-4-24(22)18-36)41-20-28-17-32-21-42-28/h4-6,10,14-15,17,21,25-26,38H,2-3,7-9,11-13,16,18-20H2,1H3,(H,33,35)(H,34,40). The second-order valence-corrected chi connectivity index (χ2v) is 11.0. The molecular weight excluding hydrogens is 536 g/mol. The fourth-order valence-corrected chi connectivity index (χ4v) is 5.48. The van der Waals surface area contributed by atoms with E-state index in [0.29, 0.717) is 36.7 Å². The summed E-state index contributed by atoms with van der Waals surface area (Å²) in [7, 11) is 0. The Balaban J connectivity index is 1.04. The number of likely N-dealkylation sites (tertiary alicyclic amines) is 1. The molecule has 11 nitrogen and oxygen atoms in total. The molecule has 0 bridgehead atoms. The number of β-amino-alcohol motifs (C(OH)–C–C–N with tert-alkyl or cyclic N) is 1. The maximum absolute atomic E-state index is 12.8. The van der Waals surface area contributed by atoms with Crippen LogP contribution in [-0.2, 0) is 24.4 Å². The number of aromatic nitrogens is 2. The zero-order valence-corrected chi connectivity index (χ0v) is 24.1. The Morgan fingerprint density at radius 3 is 2.81 bits per heavy atom. The number of nitrogens with zero attached hydrogens (tertiary/aromatic N) is 4. The molecule has 0 aliphatic carbocycles. The van der Waals surface area contributed by atoms with Gasteiger partial charge >= 0.3 is 0 Å². The van der Waals surface area contributed by atoms with Gasteiger partial charge in [-0.15, -0.1) is 0 Å². The van der Waals surface area contributed by atoms with E-state index in [2.05, 4.69) is 37.6 Å². The highest BCUT2D eigenvalue weighted by Crippen LogP contribution is 2.25. The number of aliphatic hydroxyl groups excluding tert-OH is 1. The van der Waals surface area contributed by atoms with E-state index in [1.165, 1.54) is 17.5 Å². The summed E-state index contributed by atoms with van der Waals surface area (Å²) in [4.78, 5) is 37.4. The molecule has 224 valence electrons. The molecule has 1 fully saturated rings. The number of ether oxygens (including phenoxy) is 1. The average molecular weight is 577 g/mol. The molecule has 1 aromatic carbocycles. The van der Waals surface area contributed by atoms with Gasteiger partial charge in [0.25, 0.3) is 5.91 Å². The molecule has 42 heavy (non-hydrogen) atoms. The molecule has 0 spiro atoms. The number of aliphatic hydroxyl groups is 1. The molecule has 1 saturated heterocycles. The van der Waals surface area contributed by atoms with Crippen molar-refractivity contribution in [3.05, 3.63) is 71.6 Å². The van der Waals surface area contributed by atoms with Gasteiger partial charge in [-0.25, -0.2) is 9.97 Å². The van der Waals surface area contributed by atoms with Gasteiger partial charge in [0.1, 0.15) is 18.2 Å². The first-order chi connectivity index (χ1) is 20.5. The third-order valence-electron chi connectivity index (χ3n) is 7.79. The van der Waals surface area contributed by atoms with Crippen LogP contribution in [0.1, 0.15) is 59.9 Å². The number of rotatable bonds is 12. The number of carbonyl (C=O) groups is 2. The number of hydrogen-bond donors (Lipinski definition) is 3. The highest BCUT2D eigenvalue weighted by Gasteiger charge is 2.23. The summed E-state index contributed by atoms with van der Waals surface area (Å²) in [5.74, 6) is 2.08. The van der Waals surface area contributed by atoms with E-state index in [9.17, 15) is 14.7 Å². The Labute approximate surface area is 246 Å². The van der Waals surface area contributed by atoms with Crippen LogP contribution in [0.15, 0.2) is 53.5 Å². The van der Waals surface area contributed by atoms with Crippen molar-refractivity contribution >= 4 is 17.6 Å². The lowest BCUT2D eigenvalue weighted by molar-refractivity contribution is -0.132. The third kappa shape index (κ3) is 8.07. The van der Waals surface area contributed by atoms with Gasteiger partial charge in [0.2, 0.25) is 5.91 Å². The summed E-state index contributed by atoms with van der Waals surface area (Å²) in [6.45, 7) is 5.99. The van der Waals surface area contributed by atoms with Crippen molar-refractivity contribution in [2.75, 3.05) is 38.0 Å². The molecule has 0 radical (unpaired) electrons. The van der Waals surface area contributed by atoms with E-state index in [0.717, 1.165) is 57.6 Å². The van der Waals surface area contributed by atoms with Gasteiger partial charge < -0.3 is 29.8 Å². The summed E-state index contributed by atoms with van der Waals surface area (Å²) < 4.78 is 11.0. The maximum Gasteiger partial charge on any atom is 0.251 e. The number of piperidine rings is 1. The fraction of sp³-hybridized carbons (Fsp3) is 0.484. The first-order valence-electron chi connectivity index (χ1n) is 14.8. The van der Waals surface area contributed by atoms with Crippen molar-refractivity contribution in [3.8, 4) is 5.75 Å². The lowest BCUT2D eigenvalue weighted by atomic mass is 9.99. The topological polar surface area (TPSA) is 133 Å². The number of oxazole rings is 1. The van der Waals surface area contributed by atoms with E-state index in [1.807, 2.05) is 17.9 Å². The van der Waals surface area contributed by atoms with Crippen LogP contribution in [0.25, 0.3) is 0 Å². The monoisotopic (exact) mass is 576 g/mol.